The molecule has 0 spiro atoms. The molecule has 0 radical (unpaired) electrons. The predicted octanol–water partition coefficient (Wildman–Crippen LogP) is 1.52. The lowest BCUT2D eigenvalue weighted by Crippen LogP contribution is -2.55. The lowest BCUT2D eigenvalue weighted by atomic mass is 9.91. The molecule has 3 rings (SSSR count). The van der Waals surface area contributed by atoms with Crippen LogP contribution in [0.4, 0.5) is 0 Å². The van der Waals surface area contributed by atoms with Gasteiger partial charge in [-0.2, -0.15) is 5.10 Å². The highest BCUT2D eigenvalue weighted by Crippen LogP contribution is 2.25. The van der Waals surface area contributed by atoms with Crippen LogP contribution < -0.4 is 0 Å². The van der Waals surface area contributed by atoms with Crippen molar-refractivity contribution >= 4 is 0 Å². The van der Waals surface area contributed by atoms with Gasteiger partial charge in [0, 0.05) is 37.9 Å². The van der Waals surface area contributed by atoms with E-state index in [9.17, 15) is 5.11 Å². The highest BCUT2D eigenvalue weighted by molar-refractivity contribution is 5.27. The van der Waals surface area contributed by atoms with Crippen LogP contribution in [0.3, 0.4) is 0 Å². The molecule has 1 aromatic carbocycles. The maximum atomic E-state index is 9.97. The summed E-state index contributed by atoms with van der Waals surface area (Å²) in [7, 11) is 0. The summed E-state index contributed by atoms with van der Waals surface area (Å²) in [5.41, 5.74) is 3.04. The maximum Gasteiger partial charge on any atom is 0.108 e. The highest BCUT2D eigenvalue weighted by atomic mass is 16.5. The first kappa shape index (κ1) is 15.2. The van der Waals surface area contributed by atoms with Gasteiger partial charge in [-0.05, 0) is 24.1 Å². The Labute approximate surface area is 130 Å². The number of aromatic amines is 1. The number of aromatic nitrogens is 2. The Hall–Kier alpha value is -1.69. The molecule has 0 aliphatic carbocycles. The van der Waals surface area contributed by atoms with E-state index in [0.29, 0.717) is 6.61 Å². The first-order valence-electron chi connectivity index (χ1n) is 7.71. The quantitative estimate of drug-likeness (QED) is 0.879. The van der Waals surface area contributed by atoms with Crippen LogP contribution >= 0.6 is 0 Å². The molecule has 5 nitrogen and oxygen atoms in total. The summed E-state index contributed by atoms with van der Waals surface area (Å²) in [5, 5.41) is 17.0. The normalized spacial score (nSPS) is 22.8. The Kier molecular flexibility index (Phi) is 4.57. The van der Waals surface area contributed by atoms with Crippen LogP contribution in [0.1, 0.15) is 16.8 Å². The molecular weight excluding hydrogens is 278 g/mol. The number of H-pyrrole nitrogens is 1. The zero-order valence-electron chi connectivity index (χ0n) is 13.0. The molecule has 2 N–H and O–H groups in total. The van der Waals surface area contributed by atoms with Gasteiger partial charge in [-0.3, -0.25) is 10.00 Å². The first-order valence-corrected chi connectivity index (χ1v) is 7.71. The van der Waals surface area contributed by atoms with Crippen LogP contribution in [-0.2, 0) is 17.7 Å². The summed E-state index contributed by atoms with van der Waals surface area (Å²) < 4.78 is 6.01. The molecule has 1 atom stereocenters. The average molecular weight is 301 g/mol. The second-order valence-electron chi connectivity index (χ2n) is 6.09. The molecule has 2 heterocycles. The fraction of sp³-hybridized carbons (Fsp3) is 0.471. The van der Waals surface area contributed by atoms with Crippen molar-refractivity contribution in [3.8, 4) is 0 Å². The van der Waals surface area contributed by atoms with Gasteiger partial charge < -0.3 is 9.84 Å². The number of rotatable bonds is 5. The first-order chi connectivity index (χ1) is 10.7. The van der Waals surface area contributed by atoms with Crippen molar-refractivity contribution in [1.82, 2.24) is 15.1 Å². The second kappa shape index (κ2) is 6.60. The third-order valence-corrected chi connectivity index (χ3v) is 4.34. The van der Waals surface area contributed by atoms with E-state index >= 15 is 0 Å². The molecule has 1 aromatic heterocycles. The van der Waals surface area contributed by atoms with Crippen molar-refractivity contribution in [2.75, 3.05) is 26.3 Å². The van der Waals surface area contributed by atoms with Crippen molar-refractivity contribution in [2.24, 2.45) is 0 Å². The number of nitrogens with one attached hydrogen (secondary N) is 1. The third kappa shape index (κ3) is 3.38. The van der Waals surface area contributed by atoms with Crippen LogP contribution in [0.5, 0.6) is 0 Å². The van der Waals surface area contributed by atoms with Gasteiger partial charge in [0.15, 0.2) is 0 Å². The molecule has 2 aromatic rings. The molecule has 22 heavy (non-hydrogen) atoms. The molecule has 118 valence electrons. The minimum atomic E-state index is -0.523. The summed E-state index contributed by atoms with van der Waals surface area (Å²) in [5.74, 6) is 0. The number of morpholine rings is 1. The third-order valence-electron chi connectivity index (χ3n) is 4.34. The SMILES string of the molecule is Cc1ccccc1C[C@]1(CO)CN(Cc2ccn[nH]2)CCO1. The zero-order valence-corrected chi connectivity index (χ0v) is 13.0. The number of hydrogen-bond acceptors (Lipinski definition) is 4. The smallest absolute Gasteiger partial charge is 0.108 e. The Morgan fingerprint density at radius 3 is 2.95 bits per heavy atom. The fourth-order valence-corrected chi connectivity index (χ4v) is 3.09. The molecule has 0 unspecified atom stereocenters. The summed E-state index contributed by atoms with van der Waals surface area (Å²) in [6.07, 6.45) is 2.50. The molecule has 1 fully saturated rings. The summed E-state index contributed by atoms with van der Waals surface area (Å²) in [6, 6.07) is 10.3. The molecule has 1 saturated heterocycles. The molecule has 5 heteroatoms. The Balaban J connectivity index is 1.72. The number of aryl methyl sites for hydroxylation is 1. The van der Waals surface area contributed by atoms with Gasteiger partial charge in [0.2, 0.25) is 0 Å². The van der Waals surface area contributed by atoms with E-state index in [-0.39, 0.29) is 6.61 Å². The number of benzene rings is 1. The Morgan fingerprint density at radius 2 is 2.23 bits per heavy atom. The van der Waals surface area contributed by atoms with Crippen molar-refractivity contribution < 1.29 is 9.84 Å². The minimum Gasteiger partial charge on any atom is -0.393 e. The number of nitrogens with zero attached hydrogens (tertiary/aromatic N) is 2. The van der Waals surface area contributed by atoms with Crippen molar-refractivity contribution in [1.29, 1.82) is 0 Å². The standard InChI is InChI=1S/C17H23N3O2/c1-14-4-2-3-5-15(14)10-17(13-21)12-20(8-9-22-17)11-16-6-7-18-19-16/h2-7,21H,8-13H2,1H3,(H,18,19)/t17-/m1/s1. The summed E-state index contributed by atoms with van der Waals surface area (Å²) in [6.45, 7) is 5.16. The van der Waals surface area contributed by atoms with Gasteiger partial charge in [-0.15, -0.1) is 0 Å². The minimum absolute atomic E-state index is 0.0286. The van der Waals surface area contributed by atoms with Crippen molar-refractivity contribution in [2.45, 2.75) is 25.5 Å². The topological polar surface area (TPSA) is 61.4 Å². The Morgan fingerprint density at radius 1 is 1.36 bits per heavy atom. The number of aliphatic hydroxyl groups excluding tert-OH is 1. The fourth-order valence-electron chi connectivity index (χ4n) is 3.09. The van der Waals surface area contributed by atoms with Gasteiger partial charge in [0.1, 0.15) is 5.60 Å². The van der Waals surface area contributed by atoms with Crippen molar-refractivity contribution in [3.05, 3.63) is 53.3 Å². The van der Waals surface area contributed by atoms with E-state index in [1.165, 1.54) is 11.1 Å². The van der Waals surface area contributed by atoms with E-state index in [4.69, 9.17) is 4.74 Å². The number of ether oxygens (including phenoxy) is 1. The highest BCUT2D eigenvalue weighted by Gasteiger charge is 2.36. The summed E-state index contributed by atoms with van der Waals surface area (Å²) >= 11 is 0. The van der Waals surface area contributed by atoms with Crippen LogP contribution in [0.15, 0.2) is 36.5 Å². The number of hydrogen-bond donors (Lipinski definition) is 2. The van der Waals surface area contributed by atoms with Crippen molar-refractivity contribution in [3.63, 3.8) is 0 Å². The summed E-state index contributed by atoms with van der Waals surface area (Å²) in [4.78, 5) is 2.31. The largest absolute Gasteiger partial charge is 0.393 e. The van der Waals surface area contributed by atoms with Gasteiger partial charge in [-0.25, -0.2) is 0 Å². The molecule has 0 amide bonds. The van der Waals surface area contributed by atoms with Gasteiger partial charge in [-0.1, -0.05) is 24.3 Å². The van der Waals surface area contributed by atoms with Crippen LogP contribution in [0.2, 0.25) is 0 Å². The van der Waals surface area contributed by atoms with E-state index in [2.05, 4.69) is 34.2 Å². The van der Waals surface area contributed by atoms with Crippen LogP contribution in [0.25, 0.3) is 0 Å². The van der Waals surface area contributed by atoms with E-state index in [0.717, 1.165) is 31.7 Å². The molecular formula is C17H23N3O2. The van der Waals surface area contributed by atoms with E-state index in [1.54, 1.807) is 6.20 Å². The van der Waals surface area contributed by atoms with Gasteiger partial charge in [0.25, 0.3) is 0 Å². The van der Waals surface area contributed by atoms with Gasteiger partial charge >= 0.3 is 0 Å². The molecule has 0 bridgehead atoms. The Bertz CT molecular complexity index is 600. The monoisotopic (exact) mass is 301 g/mol. The predicted molar refractivity (Wildman–Crippen MR) is 84.5 cm³/mol. The van der Waals surface area contributed by atoms with E-state index < -0.39 is 5.60 Å². The lowest BCUT2D eigenvalue weighted by Gasteiger charge is -2.42. The number of aliphatic hydroxyl groups is 1. The molecule has 1 aliphatic heterocycles. The van der Waals surface area contributed by atoms with Crippen LogP contribution in [-0.4, -0.2) is 52.1 Å². The maximum absolute atomic E-state index is 9.97. The molecule has 0 saturated carbocycles. The lowest BCUT2D eigenvalue weighted by molar-refractivity contribution is -0.134. The molecule has 1 aliphatic rings. The van der Waals surface area contributed by atoms with Crippen LogP contribution in [0, 0.1) is 6.92 Å². The second-order valence-corrected chi connectivity index (χ2v) is 6.09. The van der Waals surface area contributed by atoms with E-state index in [1.807, 2.05) is 18.2 Å². The van der Waals surface area contributed by atoms with Gasteiger partial charge in [0.05, 0.1) is 13.2 Å². The average Bonchev–Trinajstić information content (AvgIpc) is 3.03. The zero-order chi connectivity index (χ0) is 15.4.